The third-order valence-electron chi connectivity index (χ3n) is 5.87. The molecule has 5 nitrogen and oxygen atoms in total. The maximum atomic E-state index is 12.9. The Kier molecular flexibility index (Phi) is 4.67. The molecule has 0 saturated carbocycles. The van der Waals surface area contributed by atoms with Crippen molar-refractivity contribution in [3.8, 4) is 0 Å². The van der Waals surface area contributed by atoms with Crippen LogP contribution in [0.2, 0.25) is 0 Å². The molecule has 0 radical (unpaired) electrons. The second-order valence-electron chi connectivity index (χ2n) is 7.79. The van der Waals surface area contributed by atoms with Gasteiger partial charge in [-0.1, -0.05) is 6.92 Å². The lowest BCUT2D eigenvalue weighted by Gasteiger charge is -2.37. The SMILES string of the molecule is C[C@H]1CCc2sc(C(=O)N3CCN([C@H]4CCS(=O)(=O)C4)CC3)cc2C1. The van der Waals surface area contributed by atoms with Crippen LogP contribution in [0.1, 0.15) is 39.9 Å². The van der Waals surface area contributed by atoms with Crippen molar-refractivity contribution in [1.82, 2.24) is 9.80 Å². The van der Waals surface area contributed by atoms with E-state index in [1.165, 1.54) is 16.9 Å². The molecule has 2 saturated heterocycles. The maximum absolute atomic E-state index is 12.9. The first-order valence-electron chi connectivity index (χ1n) is 9.26. The van der Waals surface area contributed by atoms with Gasteiger partial charge < -0.3 is 4.90 Å². The van der Waals surface area contributed by atoms with Crippen LogP contribution in [0.25, 0.3) is 0 Å². The molecule has 0 N–H and O–H groups in total. The van der Waals surface area contributed by atoms with E-state index in [1.54, 1.807) is 11.3 Å². The first kappa shape index (κ1) is 17.5. The second kappa shape index (κ2) is 6.67. The van der Waals surface area contributed by atoms with Gasteiger partial charge in [-0.2, -0.15) is 0 Å². The monoisotopic (exact) mass is 382 g/mol. The summed E-state index contributed by atoms with van der Waals surface area (Å²) >= 11 is 1.68. The minimum Gasteiger partial charge on any atom is -0.335 e. The second-order valence-corrected chi connectivity index (χ2v) is 11.2. The molecule has 1 amide bonds. The van der Waals surface area contributed by atoms with Gasteiger partial charge >= 0.3 is 0 Å². The predicted octanol–water partition coefficient (Wildman–Crippen LogP) is 1.82. The number of thiophene rings is 1. The van der Waals surface area contributed by atoms with Crippen LogP contribution in [-0.2, 0) is 22.7 Å². The van der Waals surface area contributed by atoms with Crippen molar-refractivity contribution < 1.29 is 13.2 Å². The number of aryl methyl sites for hydroxylation is 1. The van der Waals surface area contributed by atoms with Crippen LogP contribution in [-0.4, -0.2) is 67.9 Å². The Balaban J connectivity index is 1.37. The molecule has 0 bridgehead atoms. The van der Waals surface area contributed by atoms with Gasteiger partial charge in [-0.25, -0.2) is 8.42 Å². The number of hydrogen-bond donors (Lipinski definition) is 0. The number of carbonyl (C=O) groups excluding carboxylic acids is 1. The van der Waals surface area contributed by atoms with Crippen molar-refractivity contribution in [2.24, 2.45) is 5.92 Å². The van der Waals surface area contributed by atoms with Crippen LogP contribution >= 0.6 is 11.3 Å². The average Bonchev–Trinajstić information content (AvgIpc) is 3.17. The van der Waals surface area contributed by atoms with E-state index in [1.807, 2.05) is 4.90 Å². The number of amides is 1. The fourth-order valence-corrected chi connectivity index (χ4v) is 7.26. The van der Waals surface area contributed by atoms with Crippen LogP contribution in [0, 0.1) is 5.92 Å². The van der Waals surface area contributed by atoms with Gasteiger partial charge in [-0.15, -0.1) is 11.3 Å². The van der Waals surface area contributed by atoms with E-state index in [-0.39, 0.29) is 17.7 Å². The van der Waals surface area contributed by atoms with Gasteiger partial charge in [-0.3, -0.25) is 9.69 Å². The lowest BCUT2D eigenvalue weighted by atomic mass is 9.90. The molecule has 2 aliphatic heterocycles. The number of rotatable bonds is 2. The standard InChI is InChI=1S/C18H26N2O3S2/c1-13-2-3-16-14(10-13)11-17(24-16)18(21)20-7-5-19(6-8-20)15-4-9-25(22,23)12-15/h11,13,15H,2-10,12H2,1H3/t13-,15-/m0/s1. The molecule has 138 valence electrons. The zero-order valence-corrected chi connectivity index (χ0v) is 16.4. The molecule has 7 heteroatoms. The Morgan fingerprint density at radius 2 is 1.96 bits per heavy atom. The predicted molar refractivity (Wildman–Crippen MR) is 100 cm³/mol. The molecule has 1 aromatic rings. The zero-order chi connectivity index (χ0) is 17.6. The van der Waals surface area contributed by atoms with E-state index in [0.29, 0.717) is 18.8 Å². The molecule has 0 spiro atoms. The van der Waals surface area contributed by atoms with Crippen LogP contribution in [0.15, 0.2) is 6.07 Å². The van der Waals surface area contributed by atoms with Crippen molar-refractivity contribution in [3.05, 3.63) is 21.4 Å². The smallest absolute Gasteiger partial charge is 0.264 e. The molecule has 25 heavy (non-hydrogen) atoms. The highest BCUT2D eigenvalue weighted by atomic mass is 32.2. The third kappa shape index (κ3) is 3.64. The van der Waals surface area contributed by atoms with Gasteiger partial charge in [0.1, 0.15) is 0 Å². The molecule has 4 rings (SSSR count). The Morgan fingerprint density at radius 3 is 2.64 bits per heavy atom. The van der Waals surface area contributed by atoms with E-state index >= 15 is 0 Å². The molecular formula is C18H26N2O3S2. The molecule has 1 aromatic heterocycles. The summed E-state index contributed by atoms with van der Waals surface area (Å²) in [7, 11) is -2.84. The van der Waals surface area contributed by atoms with Gasteiger partial charge in [0.2, 0.25) is 0 Å². The highest BCUT2D eigenvalue weighted by molar-refractivity contribution is 7.91. The number of sulfone groups is 1. The first-order valence-corrected chi connectivity index (χ1v) is 11.9. The highest BCUT2D eigenvalue weighted by Gasteiger charge is 2.34. The quantitative estimate of drug-likeness (QED) is 0.783. The lowest BCUT2D eigenvalue weighted by Crippen LogP contribution is -2.52. The van der Waals surface area contributed by atoms with Gasteiger partial charge in [0.05, 0.1) is 16.4 Å². The molecular weight excluding hydrogens is 356 g/mol. The number of piperazine rings is 1. The minimum atomic E-state index is -2.84. The Labute approximate surface area is 153 Å². The van der Waals surface area contributed by atoms with Gasteiger partial charge in [-0.05, 0) is 43.2 Å². The Hall–Kier alpha value is -0.920. The van der Waals surface area contributed by atoms with Crippen LogP contribution in [0.3, 0.4) is 0 Å². The van der Waals surface area contributed by atoms with Crippen molar-refractivity contribution >= 4 is 27.1 Å². The van der Waals surface area contributed by atoms with Crippen molar-refractivity contribution in [2.45, 2.75) is 38.6 Å². The molecule has 3 aliphatic rings. The van der Waals surface area contributed by atoms with Gasteiger partial charge in [0, 0.05) is 37.1 Å². The van der Waals surface area contributed by atoms with Gasteiger partial charge in [0.15, 0.2) is 9.84 Å². The molecule has 0 unspecified atom stereocenters. The number of nitrogens with zero attached hydrogens (tertiary/aromatic N) is 2. The number of carbonyl (C=O) groups is 1. The fraction of sp³-hybridized carbons (Fsp3) is 0.722. The van der Waals surface area contributed by atoms with Crippen molar-refractivity contribution in [3.63, 3.8) is 0 Å². The van der Waals surface area contributed by atoms with E-state index in [0.717, 1.165) is 43.1 Å². The summed E-state index contributed by atoms with van der Waals surface area (Å²) in [4.78, 5) is 19.3. The number of hydrogen-bond acceptors (Lipinski definition) is 5. The lowest BCUT2D eigenvalue weighted by molar-refractivity contribution is 0.0592. The summed E-state index contributed by atoms with van der Waals surface area (Å²) in [5.74, 6) is 1.48. The molecule has 0 aromatic carbocycles. The zero-order valence-electron chi connectivity index (χ0n) is 14.7. The van der Waals surface area contributed by atoms with Crippen LogP contribution in [0.4, 0.5) is 0 Å². The topological polar surface area (TPSA) is 57.7 Å². The number of fused-ring (bicyclic) bond motifs is 1. The van der Waals surface area contributed by atoms with E-state index in [4.69, 9.17) is 0 Å². The molecule has 2 fully saturated rings. The summed E-state index contributed by atoms with van der Waals surface area (Å²) < 4.78 is 23.3. The van der Waals surface area contributed by atoms with Crippen LogP contribution < -0.4 is 0 Å². The molecule has 2 atom stereocenters. The van der Waals surface area contributed by atoms with E-state index in [9.17, 15) is 13.2 Å². The summed E-state index contributed by atoms with van der Waals surface area (Å²) in [6.45, 7) is 5.26. The minimum absolute atomic E-state index is 0.151. The average molecular weight is 383 g/mol. The summed E-state index contributed by atoms with van der Waals surface area (Å²) in [5, 5.41) is 0. The van der Waals surface area contributed by atoms with E-state index < -0.39 is 9.84 Å². The summed E-state index contributed by atoms with van der Waals surface area (Å²) in [6.07, 6.45) is 4.18. The van der Waals surface area contributed by atoms with E-state index in [2.05, 4.69) is 17.9 Å². The van der Waals surface area contributed by atoms with Crippen molar-refractivity contribution in [2.75, 3.05) is 37.7 Å². The molecule has 3 heterocycles. The summed E-state index contributed by atoms with van der Waals surface area (Å²) in [5.41, 5.74) is 1.38. The van der Waals surface area contributed by atoms with Gasteiger partial charge in [0.25, 0.3) is 5.91 Å². The third-order valence-corrected chi connectivity index (χ3v) is 8.84. The highest BCUT2D eigenvalue weighted by Crippen LogP contribution is 2.33. The Bertz CT molecular complexity index is 763. The summed E-state index contributed by atoms with van der Waals surface area (Å²) in [6, 6.07) is 2.27. The largest absolute Gasteiger partial charge is 0.335 e. The first-order chi connectivity index (χ1) is 11.9. The van der Waals surface area contributed by atoms with Crippen molar-refractivity contribution in [1.29, 1.82) is 0 Å². The fourth-order valence-electron chi connectivity index (χ4n) is 4.32. The molecule has 1 aliphatic carbocycles. The Morgan fingerprint density at radius 1 is 1.20 bits per heavy atom. The normalized spacial score (nSPS) is 29.6. The maximum Gasteiger partial charge on any atom is 0.264 e. The van der Waals surface area contributed by atoms with Crippen LogP contribution in [0.5, 0.6) is 0 Å².